The maximum Gasteiger partial charge on any atom is 0.418 e. The third-order valence-corrected chi connectivity index (χ3v) is 3.74. The van der Waals surface area contributed by atoms with E-state index in [1.807, 2.05) is 0 Å². The Kier molecular flexibility index (Phi) is 4.56. The maximum absolute atomic E-state index is 13.2. The van der Waals surface area contributed by atoms with Gasteiger partial charge in [0, 0.05) is 18.1 Å². The number of rotatable bonds is 3. The SMILES string of the molecule is CN(c1ccc(F)cc1)c1ccc(CBr)cc1C(F)(F)F. The molecular formula is C15H12BrF4N. The molecule has 0 unspecified atom stereocenters. The van der Waals surface area contributed by atoms with E-state index in [4.69, 9.17) is 0 Å². The first-order valence-corrected chi connectivity index (χ1v) is 7.20. The van der Waals surface area contributed by atoms with E-state index in [9.17, 15) is 17.6 Å². The summed E-state index contributed by atoms with van der Waals surface area (Å²) in [4.78, 5) is 1.39. The Labute approximate surface area is 128 Å². The summed E-state index contributed by atoms with van der Waals surface area (Å²) < 4.78 is 52.5. The van der Waals surface area contributed by atoms with Gasteiger partial charge < -0.3 is 4.90 Å². The highest BCUT2D eigenvalue weighted by Crippen LogP contribution is 2.39. The van der Waals surface area contributed by atoms with Crippen molar-refractivity contribution in [1.82, 2.24) is 0 Å². The van der Waals surface area contributed by atoms with Crippen molar-refractivity contribution in [2.24, 2.45) is 0 Å². The zero-order valence-corrected chi connectivity index (χ0v) is 12.7. The molecule has 0 aliphatic rings. The van der Waals surface area contributed by atoms with Crippen molar-refractivity contribution >= 4 is 27.3 Å². The van der Waals surface area contributed by atoms with Crippen LogP contribution in [0.5, 0.6) is 0 Å². The maximum atomic E-state index is 13.2. The molecule has 2 aromatic rings. The predicted molar refractivity (Wildman–Crippen MR) is 78.5 cm³/mol. The van der Waals surface area contributed by atoms with Crippen LogP contribution in [0, 0.1) is 5.82 Å². The first-order chi connectivity index (χ1) is 9.82. The number of halogens is 5. The smallest absolute Gasteiger partial charge is 0.344 e. The van der Waals surface area contributed by atoms with Gasteiger partial charge in [0.25, 0.3) is 0 Å². The number of alkyl halides is 4. The van der Waals surface area contributed by atoms with Crippen molar-refractivity contribution in [1.29, 1.82) is 0 Å². The molecule has 0 saturated heterocycles. The van der Waals surface area contributed by atoms with Crippen LogP contribution in [0.2, 0.25) is 0 Å². The molecule has 0 atom stereocenters. The second kappa shape index (κ2) is 6.05. The summed E-state index contributed by atoms with van der Waals surface area (Å²) in [5, 5.41) is 0.344. The molecule has 0 N–H and O–H groups in total. The first-order valence-electron chi connectivity index (χ1n) is 6.08. The molecule has 0 spiro atoms. The Hall–Kier alpha value is -1.56. The molecule has 0 aromatic heterocycles. The van der Waals surface area contributed by atoms with Crippen molar-refractivity contribution < 1.29 is 17.6 Å². The van der Waals surface area contributed by atoms with E-state index in [1.54, 1.807) is 6.07 Å². The van der Waals surface area contributed by atoms with Crippen molar-refractivity contribution in [3.63, 3.8) is 0 Å². The zero-order valence-electron chi connectivity index (χ0n) is 11.1. The van der Waals surface area contributed by atoms with Crippen LogP contribution in [0.3, 0.4) is 0 Å². The third kappa shape index (κ3) is 3.56. The Bertz CT molecular complexity index is 623. The summed E-state index contributed by atoms with van der Waals surface area (Å²) in [6.07, 6.45) is -4.46. The van der Waals surface area contributed by atoms with Crippen LogP contribution in [0.1, 0.15) is 11.1 Å². The van der Waals surface area contributed by atoms with Crippen molar-refractivity contribution in [2.45, 2.75) is 11.5 Å². The van der Waals surface area contributed by atoms with Gasteiger partial charge in [0.05, 0.1) is 11.3 Å². The van der Waals surface area contributed by atoms with E-state index in [0.29, 0.717) is 16.6 Å². The topological polar surface area (TPSA) is 3.24 Å². The standard InChI is InChI=1S/C15H12BrF4N/c1-21(12-5-3-11(17)4-6-12)14-7-2-10(9-16)8-13(14)15(18,19)20/h2-8H,9H2,1H3. The van der Waals surface area contributed by atoms with Crippen LogP contribution < -0.4 is 4.90 Å². The lowest BCUT2D eigenvalue weighted by atomic mass is 10.1. The minimum absolute atomic E-state index is 0.0267. The van der Waals surface area contributed by atoms with Crippen LogP contribution in [0.15, 0.2) is 42.5 Å². The van der Waals surface area contributed by atoms with Gasteiger partial charge in [-0.05, 0) is 42.0 Å². The summed E-state index contributed by atoms with van der Waals surface area (Å²) >= 11 is 3.15. The number of anilines is 2. The zero-order chi connectivity index (χ0) is 15.6. The number of hydrogen-bond donors (Lipinski definition) is 0. The lowest BCUT2D eigenvalue weighted by Crippen LogP contribution is -2.17. The lowest BCUT2D eigenvalue weighted by Gasteiger charge is -2.24. The molecule has 1 nitrogen and oxygen atoms in total. The fourth-order valence-corrected chi connectivity index (χ4v) is 2.34. The van der Waals surface area contributed by atoms with E-state index in [2.05, 4.69) is 15.9 Å². The average Bonchev–Trinajstić information content (AvgIpc) is 2.46. The second-order valence-corrected chi connectivity index (χ2v) is 5.08. The molecule has 0 saturated carbocycles. The van der Waals surface area contributed by atoms with E-state index in [1.165, 1.54) is 42.3 Å². The van der Waals surface area contributed by atoms with Crippen molar-refractivity contribution in [2.75, 3.05) is 11.9 Å². The van der Waals surface area contributed by atoms with Crippen molar-refractivity contribution in [3.8, 4) is 0 Å². The van der Waals surface area contributed by atoms with Gasteiger partial charge in [0.2, 0.25) is 0 Å². The van der Waals surface area contributed by atoms with Gasteiger partial charge in [-0.25, -0.2) is 4.39 Å². The Morgan fingerprint density at radius 3 is 2.19 bits per heavy atom. The molecule has 0 aliphatic heterocycles. The molecule has 21 heavy (non-hydrogen) atoms. The van der Waals surface area contributed by atoms with Crippen LogP contribution in [-0.4, -0.2) is 7.05 Å². The fourth-order valence-electron chi connectivity index (χ4n) is 1.99. The summed E-state index contributed by atoms with van der Waals surface area (Å²) in [6, 6.07) is 9.46. The van der Waals surface area contributed by atoms with Gasteiger partial charge in [-0.2, -0.15) is 13.2 Å². The van der Waals surface area contributed by atoms with Crippen LogP contribution in [0.4, 0.5) is 28.9 Å². The molecule has 0 heterocycles. The summed E-state index contributed by atoms with van der Waals surface area (Å²) in [5.41, 5.74) is 0.331. The molecule has 0 aliphatic carbocycles. The van der Waals surface area contributed by atoms with E-state index in [0.717, 1.165) is 6.07 Å². The molecule has 112 valence electrons. The highest BCUT2D eigenvalue weighted by atomic mass is 79.9. The lowest BCUT2D eigenvalue weighted by molar-refractivity contribution is -0.137. The molecule has 6 heteroatoms. The van der Waals surface area contributed by atoms with Gasteiger partial charge in [-0.3, -0.25) is 0 Å². The van der Waals surface area contributed by atoms with Gasteiger partial charge >= 0.3 is 6.18 Å². The molecule has 0 amide bonds. The number of nitrogens with zero attached hydrogens (tertiary/aromatic N) is 1. The second-order valence-electron chi connectivity index (χ2n) is 4.52. The first kappa shape index (κ1) is 15.8. The molecule has 2 aromatic carbocycles. The van der Waals surface area contributed by atoms with Crippen LogP contribution in [-0.2, 0) is 11.5 Å². The van der Waals surface area contributed by atoms with Gasteiger partial charge in [0.1, 0.15) is 5.82 Å². The summed E-state index contributed by atoms with van der Waals surface area (Å²) in [7, 11) is 1.52. The van der Waals surface area contributed by atoms with Crippen LogP contribution >= 0.6 is 15.9 Å². The van der Waals surface area contributed by atoms with Crippen molar-refractivity contribution in [3.05, 3.63) is 59.4 Å². The minimum atomic E-state index is -4.46. The average molecular weight is 362 g/mol. The number of hydrogen-bond acceptors (Lipinski definition) is 1. The van der Waals surface area contributed by atoms with E-state index < -0.39 is 17.6 Å². The number of benzene rings is 2. The largest absolute Gasteiger partial charge is 0.418 e. The molecule has 0 bridgehead atoms. The molecule has 2 rings (SSSR count). The monoisotopic (exact) mass is 361 g/mol. The Morgan fingerprint density at radius 2 is 1.67 bits per heavy atom. The highest BCUT2D eigenvalue weighted by Gasteiger charge is 2.34. The molecule has 0 fully saturated rings. The third-order valence-electron chi connectivity index (χ3n) is 3.10. The van der Waals surface area contributed by atoms with E-state index >= 15 is 0 Å². The molecular weight excluding hydrogens is 350 g/mol. The Morgan fingerprint density at radius 1 is 1.05 bits per heavy atom. The van der Waals surface area contributed by atoms with Crippen LogP contribution in [0.25, 0.3) is 0 Å². The predicted octanol–water partition coefficient (Wildman–Crippen LogP) is 5.51. The summed E-state index contributed by atoms with van der Waals surface area (Å²) in [5.74, 6) is -0.433. The fraction of sp³-hybridized carbons (Fsp3) is 0.200. The summed E-state index contributed by atoms with van der Waals surface area (Å²) in [6.45, 7) is 0. The van der Waals surface area contributed by atoms with Gasteiger partial charge in [-0.15, -0.1) is 0 Å². The normalized spacial score (nSPS) is 11.5. The molecule has 0 radical (unpaired) electrons. The van der Waals surface area contributed by atoms with Gasteiger partial charge in [-0.1, -0.05) is 22.0 Å². The Balaban J connectivity index is 2.49. The quantitative estimate of drug-likeness (QED) is 0.514. The minimum Gasteiger partial charge on any atom is -0.344 e. The van der Waals surface area contributed by atoms with E-state index in [-0.39, 0.29) is 5.69 Å². The van der Waals surface area contributed by atoms with Gasteiger partial charge in [0.15, 0.2) is 0 Å². The highest BCUT2D eigenvalue weighted by molar-refractivity contribution is 9.08.